The Hall–Kier alpha value is -2.67. The summed E-state index contributed by atoms with van der Waals surface area (Å²) in [6.07, 6.45) is 6.61. The van der Waals surface area contributed by atoms with Crippen molar-refractivity contribution in [2.24, 2.45) is 4.99 Å². The second kappa shape index (κ2) is 9.32. The molecule has 0 aliphatic heterocycles. The van der Waals surface area contributed by atoms with Crippen molar-refractivity contribution in [1.29, 1.82) is 0 Å². The van der Waals surface area contributed by atoms with E-state index >= 15 is 0 Å². The first-order valence-corrected chi connectivity index (χ1v) is 10.0. The lowest BCUT2D eigenvalue weighted by Crippen LogP contribution is -2.39. The van der Waals surface area contributed by atoms with Crippen LogP contribution in [0.15, 0.2) is 53.2 Å². The zero-order valence-corrected chi connectivity index (χ0v) is 16.9. The highest BCUT2D eigenvalue weighted by molar-refractivity contribution is 7.09. The van der Waals surface area contributed by atoms with Gasteiger partial charge in [-0.3, -0.25) is 4.57 Å². The van der Waals surface area contributed by atoms with E-state index in [-0.39, 0.29) is 0 Å². The van der Waals surface area contributed by atoms with Crippen LogP contribution >= 0.6 is 11.3 Å². The fourth-order valence-corrected chi connectivity index (χ4v) is 3.45. The molecule has 0 unspecified atom stereocenters. The average molecular weight is 383 g/mol. The number of aliphatic imine (C=N–C) groups is 1. The van der Waals surface area contributed by atoms with Crippen LogP contribution < -0.4 is 5.32 Å². The minimum atomic E-state index is 0.599. The average Bonchev–Trinajstić information content (AvgIpc) is 3.35. The van der Waals surface area contributed by atoms with Crippen molar-refractivity contribution in [2.45, 2.75) is 26.8 Å². The number of aromatic nitrogens is 3. The zero-order chi connectivity index (χ0) is 19.1. The van der Waals surface area contributed by atoms with Gasteiger partial charge in [-0.05, 0) is 43.3 Å². The van der Waals surface area contributed by atoms with Gasteiger partial charge in [-0.15, -0.1) is 11.3 Å². The number of nitrogens with one attached hydrogen (secondary N) is 1. The predicted octanol–water partition coefficient (Wildman–Crippen LogP) is 3.28. The Labute approximate surface area is 164 Å². The first-order valence-electron chi connectivity index (χ1n) is 9.14. The molecular formula is C20H26N6S. The van der Waals surface area contributed by atoms with Gasteiger partial charge in [0, 0.05) is 43.6 Å². The molecule has 1 N–H and O–H groups in total. The summed E-state index contributed by atoms with van der Waals surface area (Å²) >= 11 is 1.80. The van der Waals surface area contributed by atoms with Crippen LogP contribution in [0.4, 0.5) is 0 Å². The van der Waals surface area contributed by atoms with Gasteiger partial charge >= 0.3 is 0 Å². The predicted molar refractivity (Wildman–Crippen MR) is 112 cm³/mol. The molecule has 142 valence electrons. The van der Waals surface area contributed by atoms with Crippen molar-refractivity contribution < 1.29 is 0 Å². The molecule has 7 heteroatoms. The maximum Gasteiger partial charge on any atom is 0.193 e. The van der Waals surface area contributed by atoms with Crippen LogP contribution in [0, 0.1) is 6.92 Å². The van der Waals surface area contributed by atoms with Crippen LogP contribution in [0.5, 0.6) is 0 Å². The van der Waals surface area contributed by atoms with E-state index in [0.717, 1.165) is 42.7 Å². The molecule has 27 heavy (non-hydrogen) atoms. The van der Waals surface area contributed by atoms with Crippen LogP contribution in [-0.2, 0) is 13.0 Å². The standard InChI is InChI=1S/C20H26N6S/c1-4-21-20(25(3)11-9-18-6-5-13-27-18)24-15-17-7-8-19(23-14-17)26-12-10-22-16(26)2/h5-8,10,12-14H,4,9,11,15H2,1-3H3,(H,21,24). The number of guanidine groups is 1. The van der Waals surface area contributed by atoms with Gasteiger partial charge in [0.2, 0.25) is 0 Å². The fraction of sp³-hybridized carbons (Fsp3) is 0.350. The number of imidazole rings is 1. The minimum Gasteiger partial charge on any atom is -0.357 e. The molecule has 0 fully saturated rings. The Morgan fingerprint density at radius 2 is 2.19 bits per heavy atom. The van der Waals surface area contributed by atoms with E-state index in [1.807, 2.05) is 30.0 Å². The van der Waals surface area contributed by atoms with Gasteiger partial charge in [0.1, 0.15) is 11.6 Å². The van der Waals surface area contributed by atoms with E-state index < -0.39 is 0 Å². The molecule has 0 radical (unpaired) electrons. The lowest BCUT2D eigenvalue weighted by molar-refractivity contribution is 0.486. The number of hydrogen-bond donors (Lipinski definition) is 1. The van der Waals surface area contributed by atoms with Crippen molar-refractivity contribution in [3.63, 3.8) is 0 Å². The van der Waals surface area contributed by atoms with Gasteiger partial charge in [-0.1, -0.05) is 12.1 Å². The molecule has 0 aliphatic rings. The summed E-state index contributed by atoms with van der Waals surface area (Å²) in [5.74, 6) is 2.72. The summed E-state index contributed by atoms with van der Waals surface area (Å²) in [6.45, 7) is 6.44. The molecule has 3 rings (SSSR count). The molecular weight excluding hydrogens is 356 g/mol. The molecule has 6 nitrogen and oxygen atoms in total. The zero-order valence-electron chi connectivity index (χ0n) is 16.1. The normalized spacial score (nSPS) is 11.6. The van der Waals surface area contributed by atoms with Crippen LogP contribution in [0.3, 0.4) is 0 Å². The smallest absolute Gasteiger partial charge is 0.193 e. The quantitative estimate of drug-likeness (QED) is 0.503. The van der Waals surface area contributed by atoms with Crippen LogP contribution in [-0.4, -0.2) is 45.5 Å². The van der Waals surface area contributed by atoms with Gasteiger partial charge in [0.15, 0.2) is 5.96 Å². The molecule has 0 aliphatic carbocycles. The third kappa shape index (κ3) is 5.17. The highest BCUT2D eigenvalue weighted by Gasteiger charge is 2.07. The molecule has 0 amide bonds. The number of pyridine rings is 1. The van der Waals surface area contributed by atoms with Crippen molar-refractivity contribution in [2.75, 3.05) is 20.1 Å². The first-order chi connectivity index (χ1) is 13.2. The van der Waals surface area contributed by atoms with Crippen LogP contribution in [0.1, 0.15) is 23.2 Å². The summed E-state index contributed by atoms with van der Waals surface area (Å²) in [5.41, 5.74) is 1.08. The number of rotatable bonds is 7. The lowest BCUT2D eigenvalue weighted by atomic mass is 10.3. The summed E-state index contributed by atoms with van der Waals surface area (Å²) < 4.78 is 1.97. The maximum absolute atomic E-state index is 4.77. The van der Waals surface area contributed by atoms with E-state index in [2.05, 4.69) is 57.7 Å². The Morgan fingerprint density at radius 1 is 1.30 bits per heavy atom. The van der Waals surface area contributed by atoms with Crippen LogP contribution in [0.25, 0.3) is 5.82 Å². The van der Waals surface area contributed by atoms with Crippen molar-refractivity contribution in [3.8, 4) is 5.82 Å². The Balaban J connectivity index is 1.62. The number of likely N-dealkylation sites (N-methyl/N-ethyl adjacent to an activating group) is 1. The topological polar surface area (TPSA) is 58.3 Å². The second-order valence-electron chi connectivity index (χ2n) is 6.29. The van der Waals surface area contributed by atoms with E-state index in [4.69, 9.17) is 4.99 Å². The molecule has 3 heterocycles. The minimum absolute atomic E-state index is 0.599. The van der Waals surface area contributed by atoms with Crippen molar-refractivity contribution in [1.82, 2.24) is 24.8 Å². The van der Waals surface area contributed by atoms with Crippen molar-refractivity contribution in [3.05, 3.63) is 64.5 Å². The lowest BCUT2D eigenvalue weighted by Gasteiger charge is -2.21. The first kappa shape index (κ1) is 19.1. The molecule has 3 aromatic rings. The third-order valence-corrected chi connectivity index (χ3v) is 5.20. The highest BCUT2D eigenvalue weighted by atomic mass is 32.1. The fourth-order valence-electron chi connectivity index (χ4n) is 2.75. The van der Waals surface area contributed by atoms with Gasteiger partial charge in [0.05, 0.1) is 6.54 Å². The van der Waals surface area contributed by atoms with Crippen LogP contribution in [0.2, 0.25) is 0 Å². The molecule has 0 aromatic carbocycles. The number of thiophene rings is 1. The maximum atomic E-state index is 4.77. The Kier molecular flexibility index (Phi) is 6.59. The number of hydrogen-bond acceptors (Lipinski definition) is 4. The summed E-state index contributed by atoms with van der Waals surface area (Å²) in [5, 5.41) is 5.49. The van der Waals surface area contributed by atoms with E-state index in [9.17, 15) is 0 Å². The number of aryl methyl sites for hydroxylation is 1. The number of nitrogens with zero attached hydrogens (tertiary/aromatic N) is 5. The van der Waals surface area contributed by atoms with E-state index in [1.54, 1.807) is 17.5 Å². The second-order valence-corrected chi connectivity index (χ2v) is 7.32. The largest absolute Gasteiger partial charge is 0.357 e. The van der Waals surface area contributed by atoms with E-state index in [0.29, 0.717) is 6.54 Å². The van der Waals surface area contributed by atoms with Gasteiger partial charge in [-0.25, -0.2) is 15.0 Å². The Morgan fingerprint density at radius 3 is 2.81 bits per heavy atom. The molecule has 3 aromatic heterocycles. The monoisotopic (exact) mass is 382 g/mol. The summed E-state index contributed by atoms with van der Waals surface area (Å²) in [6, 6.07) is 8.35. The van der Waals surface area contributed by atoms with Gasteiger partial charge < -0.3 is 10.2 Å². The molecule has 0 saturated carbocycles. The summed E-state index contributed by atoms with van der Waals surface area (Å²) in [4.78, 5) is 17.1. The molecule has 0 atom stereocenters. The molecule has 0 spiro atoms. The van der Waals surface area contributed by atoms with Gasteiger partial charge in [-0.2, -0.15) is 0 Å². The summed E-state index contributed by atoms with van der Waals surface area (Å²) in [7, 11) is 2.08. The third-order valence-electron chi connectivity index (χ3n) is 4.26. The van der Waals surface area contributed by atoms with Gasteiger partial charge in [0.25, 0.3) is 0 Å². The highest BCUT2D eigenvalue weighted by Crippen LogP contribution is 2.11. The van der Waals surface area contributed by atoms with Crippen molar-refractivity contribution >= 4 is 17.3 Å². The Bertz CT molecular complexity index is 851. The SMILES string of the molecule is CCNC(=NCc1ccc(-n2ccnc2C)nc1)N(C)CCc1cccs1. The molecule has 0 saturated heterocycles. The molecule has 0 bridgehead atoms. The van der Waals surface area contributed by atoms with E-state index in [1.165, 1.54) is 4.88 Å².